The SMILES string of the molecule is Nc1nc(C2CC2)nc2c1ncn2C1OC(CO)C(O)C1F. The number of ether oxygens (including phenoxy) is 1. The van der Waals surface area contributed by atoms with Crippen molar-refractivity contribution in [1.29, 1.82) is 0 Å². The number of nitrogen functional groups attached to an aromatic ring is 1. The molecule has 4 unspecified atom stereocenters. The monoisotopic (exact) mass is 309 g/mol. The number of nitrogens with two attached hydrogens (primary N) is 1. The maximum absolute atomic E-state index is 14.3. The molecule has 0 bridgehead atoms. The molecular formula is C13H16FN5O3. The Morgan fingerprint density at radius 1 is 1.41 bits per heavy atom. The molecule has 1 aliphatic heterocycles. The van der Waals surface area contributed by atoms with Gasteiger partial charge in [0.2, 0.25) is 0 Å². The third-order valence-corrected chi connectivity index (χ3v) is 4.16. The van der Waals surface area contributed by atoms with Gasteiger partial charge in [0.25, 0.3) is 0 Å². The molecule has 2 aliphatic rings. The van der Waals surface area contributed by atoms with Crippen molar-refractivity contribution < 1.29 is 19.3 Å². The van der Waals surface area contributed by atoms with E-state index in [0.29, 0.717) is 17.0 Å². The third-order valence-electron chi connectivity index (χ3n) is 4.16. The van der Waals surface area contributed by atoms with Gasteiger partial charge in [-0.2, -0.15) is 0 Å². The number of alkyl halides is 1. The summed E-state index contributed by atoms with van der Waals surface area (Å²) in [4.78, 5) is 12.8. The number of fused-ring (bicyclic) bond motifs is 1. The lowest BCUT2D eigenvalue weighted by Gasteiger charge is -2.15. The topological polar surface area (TPSA) is 119 Å². The quantitative estimate of drug-likeness (QED) is 0.722. The Hall–Kier alpha value is -1.84. The molecule has 1 saturated carbocycles. The molecule has 9 heteroatoms. The van der Waals surface area contributed by atoms with E-state index in [0.717, 1.165) is 12.8 Å². The molecule has 3 heterocycles. The average Bonchev–Trinajstić information content (AvgIpc) is 3.22. The van der Waals surface area contributed by atoms with Crippen LogP contribution in [0.1, 0.15) is 30.8 Å². The highest BCUT2D eigenvalue weighted by Crippen LogP contribution is 2.40. The van der Waals surface area contributed by atoms with Gasteiger partial charge in [0.05, 0.1) is 12.9 Å². The van der Waals surface area contributed by atoms with E-state index in [9.17, 15) is 9.50 Å². The summed E-state index contributed by atoms with van der Waals surface area (Å²) >= 11 is 0. The summed E-state index contributed by atoms with van der Waals surface area (Å²) in [6.45, 7) is -0.463. The molecule has 8 nitrogen and oxygen atoms in total. The predicted octanol–water partition coefficient (Wildman–Crippen LogP) is -0.125. The van der Waals surface area contributed by atoms with Crippen molar-refractivity contribution >= 4 is 17.0 Å². The van der Waals surface area contributed by atoms with Crippen LogP contribution in [0.5, 0.6) is 0 Å². The van der Waals surface area contributed by atoms with Crippen molar-refractivity contribution in [3.8, 4) is 0 Å². The van der Waals surface area contributed by atoms with E-state index in [2.05, 4.69) is 15.0 Å². The highest BCUT2D eigenvalue weighted by Gasteiger charge is 2.45. The Morgan fingerprint density at radius 2 is 2.18 bits per heavy atom. The molecule has 2 aromatic heterocycles. The van der Waals surface area contributed by atoms with Crippen LogP contribution in [0.4, 0.5) is 10.2 Å². The Bertz CT molecular complexity index is 719. The Labute approximate surface area is 124 Å². The number of hydrogen-bond acceptors (Lipinski definition) is 7. The molecule has 1 saturated heterocycles. The summed E-state index contributed by atoms with van der Waals surface area (Å²) in [7, 11) is 0. The van der Waals surface area contributed by atoms with Gasteiger partial charge in [0, 0.05) is 5.92 Å². The van der Waals surface area contributed by atoms with Gasteiger partial charge in [-0.3, -0.25) is 4.57 Å². The summed E-state index contributed by atoms with van der Waals surface area (Å²) in [6.07, 6.45) is -1.76. The second-order valence-electron chi connectivity index (χ2n) is 5.75. The smallest absolute Gasteiger partial charge is 0.173 e. The maximum Gasteiger partial charge on any atom is 0.173 e. The van der Waals surface area contributed by atoms with Gasteiger partial charge in [0.1, 0.15) is 23.5 Å². The van der Waals surface area contributed by atoms with E-state index in [1.807, 2.05) is 0 Å². The van der Waals surface area contributed by atoms with Crippen molar-refractivity contribution in [2.75, 3.05) is 12.3 Å². The molecule has 0 amide bonds. The fourth-order valence-corrected chi connectivity index (χ4v) is 2.74. The largest absolute Gasteiger partial charge is 0.394 e. The van der Waals surface area contributed by atoms with Crippen molar-refractivity contribution in [2.24, 2.45) is 0 Å². The van der Waals surface area contributed by atoms with Crippen LogP contribution >= 0.6 is 0 Å². The molecule has 4 N–H and O–H groups in total. The van der Waals surface area contributed by atoms with Gasteiger partial charge < -0.3 is 20.7 Å². The number of halogens is 1. The van der Waals surface area contributed by atoms with Crippen LogP contribution in [0.15, 0.2) is 6.33 Å². The second-order valence-corrected chi connectivity index (χ2v) is 5.75. The molecule has 2 fully saturated rings. The van der Waals surface area contributed by atoms with E-state index < -0.39 is 31.2 Å². The standard InChI is InChI=1S/C13H16FN5O3/c14-7-9(21)6(3-20)22-13(7)19-4-16-8-10(15)17-11(5-1-2-5)18-12(8)19/h4-7,9,13,20-21H,1-3H2,(H2,15,17,18). The lowest BCUT2D eigenvalue weighted by Crippen LogP contribution is -2.30. The van der Waals surface area contributed by atoms with Crippen molar-refractivity contribution in [3.63, 3.8) is 0 Å². The molecule has 0 aromatic carbocycles. The fraction of sp³-hybridized carbons (Fsp3) is 0.615. The number of anilines is 1. The minimum absolute atomic E-state index is 0.248. The molecule has 2 aromatic rings. The van der Waals surface area contributed by atoms with Crippen molar-refractivity contribution in [1.82, 2.24) is 19.5 Å². The minimum Gasteiger partial charge on any atom is -0.394 e. The van der Waals surface area contributed by atoms with E-state index in [1.165, 1.54) is 10.9 Å². The first-order chi connectivity index (χ1) is 10.6. The normalized spacial score (nSPS) is 32.0. The first-order valence-corrected chi connectivity index (χ1v) is 7.18. The number of aliphatic hydroxyl groups is 2. The lowest BCUT2D eigenvalue weighted by molar-refractivity contribution is -0.0459. The number of nitrogens with zero attached hydrogens (tertiary/aromatic N) is 4. The van der Waals surface area contributed by atoms with Crippen LogP contribution in [0.3, 0.4) is 0 Å². The molecule has 4 atom stereocenters. The van der Waals surface area contributed by atoms with Crippen LogP contribution in [0.25, 0.3) is 11.2 Å². The molecular weight excluding hydrogens is 293 g/mol. The zero-order chi connectivity index (χ0) is 15.4. The minimum atomic E-state index is -1.69. The van der Waals surface area contributed by atoms with Gasteiger partial charge in [-0.15, -0.1) is 0 Å². The highest BCUT2D eigenvalue weighted by molar-refractivity contribution is 5.81. The summed E-state index contributed by atoms with van der Waals surface area (Å²) in [5.74, 6) is 1.16. The van der Waals surface area contributed by atoms with Gasteiger partial charge in [-0.05, 0) is 12.8 Å². The third kappa shape index (κ3) is 1.97. The molecule has 22 heavy (non-hydrogen) atoms. The second kappa shape index (κ2) is 4.83. The van der Waals surface area contributed by atoms with Crippen LogP contribution < -0.4 is 5.73 Å². The van der Waals surface area contributed by atoms with Crippen LogP contribution in [0, 0.1) is 0 Å². The van der Waals surface area contributed by atoms with Gasteiger partial charge in [0.15, 0.2) is 23.9 Å². The zero-order valence-corrected chi connectivity index (χ0v) is 11.6. The van der Waals surface area contributed by atoms with E-state index in [1.54, 1.807) is 0 Å². The first-order valence-electron chi connectivity index (χ1n) is 7.18. The van der Waals surface area contributed by atoms with Crippen LogP contribution in [0.2, 0.25) is 0 Å². The first kappa shape index (κ1) is 13.8. The van der Waals surface area contributed by atoms with Crippen molar-refractivity contribution in [3.05, 3.63) is 12.2 Å². The van der Waals surface area contributed by atoms with Gasteiger partial charge in [-0.1, -0.05) is 0 Å². The Kier molecular flexibility index (Phi) is 3.03. The average molecular weight is 309 g/mol. The number of hydrogen-bond donors (Lipinski definition) is 3. The molecule has 0 spiro atoms. The lowest BCUT2D eigenvalue weighted by atomic mass is 10.1. The van der Waals surface area contributed by atoms with Crippen LogP contribution in [-0.2, 0) is 4.74 Å². The van der Waals surface area contributed by atoms with E-state index >= 15 is 0 Å². The Morgan fingerprint density at radius 3 is 2.82 bits per heavy atom. The number of imidazole rings is 1. The van der Waals surface area contributed by atoms with Gasteiger partial charge in [-0.25, -0.2) is 19.3 Å². The maximum atomic E-state index is 14.3. The molecule has 118 valence electrons. The number of rotatable bonds is 3. The summed E-state index contributed by atoms with van der Waals surface area (Å²) < 4.78 is 21.1. The summed E-state index contributed by atoms with van der Waals surface area (Å²) in [5.41, 5.74) is 6.66. The van der Waals surface area contributed by atoms with Gasteiger partial charge >= 0.3 is 0 Å². The fourth-order valence-electron chi connectivity index (χ4n) is 2.74. The van der Waals surface area contributed by atoms with E-state index in [4.69, 9.17) is 15.6 Å². The van der Waals surface area contributed by atoms with Crippen LogP contribution in [-0.4, -0.2) is 54.7 Å². The zero-order valence-electron chi connectivity index (χ0n) is 11.6. The molecule has 0 radical (unpaired) electrons. The summed E-state index contributed by atoms with van der Waals surface area (Å²) in [5, 5.41) is 18.9. The Balaban J connectivity index is 1.78. The molecule has 4 rings (SSSR count). The highest BCUT2D eigenvalue weighted by atomic mass is 19.1. The van der Waals surface area contributed by atoms with E-state index in [-0.39, 0.29) is 11.7 Å². The number of aliphatic hydroxyl groups excluding tert-OH is 2. The van der Waals surface area contributed by atoms with Crippen molar-refractivity contribution in [2.45, 2.75) is 43.4 Å². The predicted molar refractivity (Wildman–Crippen MR) is 73.6 cm³/mol. The molecule has 1 aliphatic carbocycles. The summed E-state index contributed by atoms with van der Waals surface area (Å²) in [6, 6.07) is 0. The number of aromatic nitrogens is 4.